The molecular weight excluding hydrogens is 233 g/mol. The molecule has 0 spiro atoms. The van der Waals surface area contributed by atoms with Crippen LogP contribution in [0, 0.1) is 11.3 Å². The van der Waals surface area contributed by atoms with Crippen LogP contribution in [0.4, 0.5) is 18.9 Å². The molecule has 0 aliphatic heterocycles. The summed E-state index contributed by atoms with van der Waals surface area (Å²) >= 11 is 0. The van der Waals surface area contributed by atoms with Gasteiger partial charge in [-0.2, -0.15) is 18.4 Å². The molecule has 0 aliphatic carbocycles. The Kier molecular flexibility index (Phi) is 4.10. The third-order valence-electron chi connectivity index (χ3n) is 1.94. The number of carbonyl (C=O) groups is 1. The van der Waals surface area contributed by atoms with E-state index in [0.29, 0.717) is 0 Å². The number of amides is 1. The van der Waals surface area contributed by atoms with Crippen LogP contribution in [-0.2, 0) is 11.0 Å². The second kappa shape index (κ2) is 5.34. The molecule has 1 aromatic rings. The molecule has 1 N–H and O–H groups in total. The Labute approximate surface area is 95.9 Å². The maximum Gasteiger partial charge on any atom is 0.416 e. The van der Waals surface area contributed by atoms with E-state index in [9.17, 15) is 18.0 Å². The highest BCUT2D eigenvalue weighted by atomic mass is 19.4. The predicted octanol–water partition coefficient (Wildman–Crippen LogP) is 2.95. The van der Waals surface area contributed by atoms with Crippen molar-refractivity contribution in [3.05, 3.63) is 29.8 Å². The minimum absolute atomic E-state index is 0.0325. The molecule has 1 aromatic carbocycles. The second-order valence-corrected chi connectivity index (χ2v) is 3.28. The molecule has 90 valence electrons. The van der Waals surface area contributed by atoms with E-state index in [1.54, 1.807) is 6.07 Å². The number of nitrogens with zero attached hydrogens (tertiary/aromatic N) is 1. The maximum absolute atomic E-state index is 12.4. The fourth-order valence-electron chi connectivity index (χ4n) is 1.17. The Balaban J connectivity index is 2.73. The monoisotopic (exact) mass is 242 g/mol. The third-order valence-corrected chi connectivity index (χ3v) is 1.94. The summed E-state index contributed by atoms with van der Waals surface area (Å²) in [4.78, 5) is 11.2. The van der Waals surface area contributed by atoms with Crippen LogP contribution in [0.15, 0.2) is 24.3 Å². The van der Waals surface area contributed by atoms with Crippen LogP contribution in [0.5, 0.6) is 0 Å². The number of anilines is 1. The summed E-state index contributed by atoms with van der Waals surface area (Å²) in [5, 5.41) is 10.6. The minimum atomic E-state index is -4.44. The molecular formula is C11H9F3N2O. The topological polar surface area (TPSA) is 52.9 Å². The van der Waals surface area contributed by atoms with Crippen molar-refractivity contribution < 1.29 is 18.0 Å². The van der Waals surface area contributed by atoms with Crippen molar-refractivity contribution >= 4 is 11.6 Å². The number of carbonyl (C=O) groups excluding carboxylic acids is 1. The molecule has 0 aromatic heterocycles. The first kappa shape index (κ1) is 13.0. The normalized spacial score (nSPS) is 10.7. The van der Waals surface area contributed by atoms with Crippen LogP contribution in [0.2, 0.25) is 0 Å². The summed E-state index contributed by atoms with van der Waals surface area (Å²) in [5.74, 6) is -0.481. The summed E-state index contributed by atoms with van der Waals surface area (Å²) < 4.78 is 37.1. The summed E-state index contributed by atoms with van der Waals surface area (Å²) in [6.45, 7) is 0. The van der Waals surface area contributed by atoms with E-state index in [1.165, 1.54) is 12.1 Å². The molecule has 1 rings (SSSR count). The molecule has 0 aliphatic rings. The van der Waals surface area contributed by atoms with Gasteiger partial charge < -0.3 is 5.32 Å². The van der Waals surface area contributed by atoms with Gasteiger partial charge in [0.1, 0.15) is 0 Å². The molecule has 0 saturated carbocycles. The lowest BCUT2D eigenvalue weighted by molar-refractivity contribution is -0.137. The van der Waals surface area contributed by atoms with Gasteiger partial charge in [-0.3, -0.25) is 4.79 Å². The van der Waals surface area contributed by atoms with Gasteiger partial charge in [-0.05, 0) is 18.2 Å². The Morgan fingerprint density at radius 3 is 2.71 bits per heavy atom. The van der Waals surface area contributed by atoms with Gasteiger partial charge in [0.05, 0.1) is 11.6 Å². The van der Waals surface area contributed by atoms with Gasteiger partial charge in [-0.15, -0.1) is 0 Å². The van der Waals surface area contributed by atoms with Crippen molar-refractivity contribution in [2.24, 2.45) is 0 Å². The summed E-state index contributed by atoms with van der Waals surface area (Å²) in [6.07, 6.45) is -4.44. The molecule has 17 heavy (non-hydrogen) atoms. The summed E-state index contributed by atoms with van der Waals surface area (Å²) in [7, 11) is 0. The number of hydrogen-bond acceptors (Lipinski definition) is 2. The van der Waals surface area contributed by atoms with E-state index in [1.807, 2.05) is 0 Å². The molecule has 6 heteroatoms. The van der Waals surface area contributed by atoms with Gasteiger partial charge in [-0.25, -0.2) is 0 Å². The molecule has 0 radical (unpaired) electrons. The molecule has 3 nitrogen and oxygen atoms in total. The number of alkyl halides is 3. The summed E-state index contributed by atoms with van der Waals surface area (Å²) in [6, 6.07) is 6.12. The first-order chi connectivity index (χ1) is 7.93. The van der Waals surface area contributed by atoms with Crippen molar-refractivity contribution in [3.63, 3.8) is 0 Å². The summed E-state index contributed by atoms with van der Waals surface area (Å²) in [5.41, 5.74) is -0.752. The molecule has 1 amide bonds. The Bertz CT molecular complexity index is 449. The minimum Gasteiger partial charge on any atom is -0.326 e. The lowest BCUT2D eigenvalue weighted by Crippen LogP contribution is -2.12. The van der Waals surface area contributed by atoms with Crippen molar-refractivity contribution in [1.82, 2.24) is 0 Å². The van der Waals surface area contributed by atoms with Crippen LogP contribution >= 0.6 is 0 Å². The number of hydrogen-bond donors (Lipinski definition) is 1. The Morgan fingerprint density at radius 1 is 1.41 bits per heavy atom. The maximum atomic E-state index is 12.4. The fraction of sp³-hybridized carbons (Fsp3) is 0.273. The van der Waals surface area contributed by atoms with E-state index in [0.717, 1.165) is 12.1 Å². The Morgan fingerprint density at radius 2 is 2.12 bits per heavy atom. The Hall–Kier alpha value is -2.03. The fourth-order valence-corrected chi connectivity index (χ4v) is 1.17. The van der Waals surface area contributed by atoms with E-state index < -0.39 is 17.6 Å². The van der Waals surface area contributed by atoms with Gasteiger partial charge in [-0.1, -0.05) is 6.07 Å². The highest BCUT2D eigenvalue weighted by Gasteiger charge is 2.30. The number of rotatable bonds is 3. The zero-order valence-corrected chi connectivity index (χ0v) is 8.71. The molecule has 0 unspecified atom stereocenters. The number of nitrogens with one attached hydrogen (secondary N) is 1. The average Bonchev–Trinajstić information content (AvgIpc) is 2.25. The van der Waals surface area contributed by atoms with E-state index >= 15 is 0 Å². The van der Waals surface area contributed by atoms with Crippen LogP contribution in [0.1, 0.15) is 18.4 Å². The van der Waals surface area contributed by atoms with Crippen molar-refractivity contribution in [2.75, 3.05) is 5.32 Å². The van der Waals surface area contributed by atoms with Gasteiger partial charge in [0.15, 0.2) is 0 Å². The largest absolute Gasteiger partial charge is 0.416 e. The first-order valence-corrected chi connectivity index (χ1v) is 4.77. The highest BCUT2D eigenvalue weighted by molar-refractivity contribution is 5.90. The average molecular weight is 242 g/mol. The van der Waals surface area contributed by atoms with Gasteiger partial charge in [0, 0.05) is 18.5 Å². The number of benzene rings is 1. The standard InChI is InChI=1S/C11H9F3N2O/c12-11(13,14)8-3-1-4-9(7-8)16-10(17)5-2-6-15/h1,3-4,7H,2,5H2,(H,16,17). The second-order valence-electron chi connectivity index (χ2n) is 3.28. The van der Waals surface area contributed by atoms with E-state index in [4.69, 9.17) is 5.26 Å². The third kappa shape index (κ3) is 4.15. The predicted molar refractivity (Wildman–Crippen MR) is 54.9 cm³/mol. The SMILES string of the molecule is N#CCCC(=O)Nc1cccc(C(F)(F)F)c1. The van der Waals surface area contributed by atoms with Crippen molar-refractivity contribution in [3.8, 4) is 6.07 Å². The number of nitriles is 1. The van der Waals surface area contributed by atoms with Crippen LogP contribution in [0.3, 0.4) is 0 Å². The van der Waals surface area contributed by atoms with E-state index in [-0.39, 0.29) is 18.5 Å². The zero-order chi connectivity index (χ0) is 12.9. The van der Waals surface area contributed by atoms with Crippen LogP contribution in [0.25, 0.3) is 0 Å². The van der Waals surface area contributed by atoms with Crippen LogP contribution in [-0.4, -0.2) is 5.91 Å². The lowest BCUT2D eigenvalue weighted by atomic mass is 10.2. The number of halogens is 3. The van der Waals surface area contributed by atoms with Crippen LogP contribution < -0.4 is 5.32 Å². The molecule has 0 fully saturated rings. The molecule has 0 heterocycles. The quantitative estimate of drug-likeness (QED) is 0.885. The lowest BCUT2D eigenvalue weighted by Gasteiger charge is -2.09. The zero-order valence-electron chi connectivity index (χ0n) is 8.71. The first-order valence-electron chi connectivity index (χ1n) is 4.77. The van der Waals surface area contributed by atoms with E-state index in [2.05, 4.69) is 5.32 Å². The van der Waals surface area contributed by atoms with Gasteiger partial charge >= 0.3 is 6.18 Å². The molecule has 0 atom stereocenters. The smallest absolute Gasteiger partial charge is 0.326 e. The highest BCUT2D eigenvalue weighted by Crippen LogP contribution is 2.30. The van der Waals surface area contributed by atoms with Gasteiger partial charge in [0.2, 0.25) is 5.91 Å². The van der Waals surface area contributed by atoms with Crippen molar-refractivity contribution in [1.29, 1.82) is 5.26 Å². The molecule has 0 bridgehead atoms. The van der Waals surface area contributed by atoms with Crippen molar-refractivity contribution in [2.45, 2.75) is 19.0 Å². The van der Waals surface area contributed by atoms with Gasteiger partial charge in [0.25, 0.3) is 0 Å². The molecule has 0 saturated heterocycles.